The number of benzene rings is 2. The van der Waals surface area contributed by atoms with Crippen LogP contribution in [0.15, 0.2) is 36.4 Å². The first-order valence-electron chi connectivity index (χ1n) is 6.26. The van der Waals surface area contributed by atoms with Gasteiger partial charge in [-0.2, -0.15) is 0 Å². The van der Waals surface area contributed by atoms with Crippen LogP contribution in [-0.2, 0) is 11.3 Å². The Morgan fingerprint density at radius 3 is 2.45 bits per heavy atom. The topological polar surface area (TPSA) is 52.3 Å². The minimum Gasteiger partial charge on any atom is -0.457 e. The van der Waals surface area contributed by atoms with Gasteiger partial charge in [-0.1, -0.05) is 18.2 Å². The van der Waals surface area contributed by atoms with E-state index < -0.39 is 11.8 Å². The van der Waals surface area contributed by atoms with Crippen LogP contribution in [0.2, 0.25) is 0 Å². The fourth-order valence-electron chi connectivity index (χ4n) is 2.01. The standard InChI is InChI=1S/C16H16FNO2/c1-10-4-3-5-11(2)14(10)9-20-16(19)13-7-6-12(17)8-15(13)18/h3-8H,9,18H2,1-2H3. The van der Waals surface area contributed by atoms with Gasteiger partial charge in [0.2, 0.25) is 0 Å². The van der Waals surface area contributed by atoms with Crippen molar-refractivity contribution in [2.45, 2.75) is 20.5 Å². The second-order valence-electron chi connectivity index (χ2n) is 4.68. The smallest absolute Gasteiger partial charge is 0.340 e. The Hall–Kier alpha value is -2.36. The summed E-state index contributed by atoms with van der Waals surface area (Å²) in [6.45, 7) is 4.10. The van der Waals surface area contributed by atoms with Crippen molar-refractivity contribution in [1.29, 1.82) is 0 Å². The second-order valence-corrected chi connectivity index (χ2v) is 4.68. The molecule has 0 bridgehead atoms. The molecule has 20 heavy (non-hydrogen) atoms. The highest BCUT2D eigenvalue weighted by Crippen LogP contribution is 2.18. The van der Waals surface area contributed by atoms with Gasteiger partial charge in [-0.25, -0.2) is 9.18 Å². The number of nitrogens with two attached hydrogens (primary N) is 1. The third kappa shape index (κ3) is 2.96. The number of ether oxygens (including phenoxy) is 1. The summed E-state index contributed by atoms with van der Waals surface area (Å²) in [7, 11) is 0. The van der Waals surface area contributed by atoms with Crippen LogP contribution in [0.5, 0.6) is 0 Å². The van der Waals surface area contributed by atoms with E-state index in [-0.39, 0.29) is 17.9 Å². The summed E-state index contributed by atoms with van der Waals surface area (Å²) >= 11 is 0. The van der Waals surface area contributed by atoms with Gasteiger partial charge in [-0.3, -0.25) is 0 Å². The predicted molar refractivity (Wildman–Crippen MR) is 75.8 cm³/mol. The minimum absolute atomic E-state index is 0.0801. The van der Waals surface area contributed by atoms with E-state index in [4.69, 9.17) is 10.5 Å². The van der Waals surface area contributed by atoms with E-state index in [0.29, 0.717) is 0 Å². The molecule has 0 saturated carbocycles. The molecule has 0 radical (unpaired) electrons. The van der Waals surface area contributed by atoms with Crippen molar-refractivity contribution in [3.63, 3.8) is 0 Å². The summed E-state index contributed by atoms with van der Waals surface area (Å²) in [4.78, 5) is 11.9. The van der Waals surface area contributed by atoms with Crippen LogP contribution >= 0.6 is 0 Å². The average Bonchev–Trinajstić information content (AvgIpc) is 2.37. The number of rotatable bonds is 3. The van der Waals surface area contributed by atoms with Crippen LogP contribution in [0.4, 0.5) is 10.1 Å². The summed E-state index contributed by atoms with van der Waals surface area (Å²) in [6, 6.07) is 9.50. The van der Waals surface area contributed by atoms with Gasteiger partial charge in [0.1, 0.15) is 12.4 Å². The second kappa shape index (κ2) is 5.74. The molecule has 2 N–H and O–H groups in total. The maximum atomic E-state index is 12.9. The Bertz CT molecular complexity index is 633. The number of carbonyl (C=O) groups is 1. The molecule has 0 aliphatic carbocycles. The zero-order valence-electron chi connectivity index (χ0n) is 11.4. The zero-order chi connectivity index (χ0) is 14.7. The molecule has 0 aliphatic rings. The number of esters is 1. The van der Waals surface area contributed by atoms with Crippen molar-refractivity contribution < 1.29 is 13.9 Å². The van der Waals surface area contributed by atoms with E-state index in [1.807, 2.05) is 32.0 Å². The van der Waals surface area contributed by atoms with Crippen LogP contribution in [0.1, 0.15) is 27.0 Å². The van der Waals surface area contributed by atoms with Crippen molar-refractivity contribution in [2.75, 3.05) is 5.73 Å². The molecule has 0 spiro atoms. The quantitative estimate of drug-likeness (QED) is 0.689. The molecule has 104 valence electrons. The Labute approximate surface area is 117 Å². The first kappa shape index (κ1) is 14.1. The van der Waals surface area contributed by atoms with Crippen molar-refractivity contribution in [3.8, 4) is 0 Å². The fourth-order valence-corrected chi connectivity index (χ4v) is 2.01. The predicted octanol–water partition coefficient (Wildman–Crippen LogP) is 3.38. The third-order valence-electron chi connectivity index (χ3n) is 3.23. The van der Waals surface area contributed by atoms with Crippen LogP contribution < -0.4 is 5.73 Å². The number of carbonyl (C=O) groups excluding carboxylic acids is 1. The lowest BCUT2D eigenvalue weighted by molar-refractivity contribution is 0.0473. The molecule has 0 amide bonds. The van der Waals surface area contributed by atoms with Crippen LogP contribution in [0.3, 0.4) is 0 Å². The van der Waals surface area contributed by atoms with Crippen LogP contribution in [0.25, 0.3) is 0 Å². The first-order valence-corrected chi connectivity index (χ1v) is 6.26. The Morgan fingerprint density at radius 1 is 1.20 bits per heavy atom. The number of hydrogen-bond donors (Lipinski definition) is 1. The molecule has 4 heteroatoms. The van der Waals surface area contributed by atoms with Gasteiger partial charge in [-0.05, 0) is 48.7 Å². The molecule has 0 unspecified atom stereocenters. The summed E-state index contributed by atoms with van der Waals surface area (Å²) in [5.41, 5.74) is 8.96. The lowest BCUT2D eigenvalue weighted by atomic mass is 10.0. The molecule has 0 aliphatic heterocycles. The number of hydrogen-bond acceptors (Lipinski definition) is 3. The third-order valence-corrected chi connectivity index (χ3v) is 3.23. The van der Waals surface area contributed by atoms with Gasteiger partial charge >= 0.3 is 5.97 Å². The zero-order valence-corrected chi connectivity index (χ0v) is 11.4. The van der Waals surface area contributed by atoms with E-state index in [9.17, 15) is 9.18 Å². The van der Waals surface area contributed by atoms with E-state index >= 15 is 0 Å². The lowest BCUT2D eigenvalue weighted by Crippen LogP contribution is -2.09. The summed E-state index contributed by atoms with van der Waals surface area (Å²) in [5.74, 6) is -1.03. The molecule has 0 saturated heterocycles. The maximum Gasteiger partial charge on any atom is 0.340 e. The SMILES string of the molecule is Cc1cccc(C)c1COC(=O)c1ccc(F)cc1N. The van der Waals surface area contributed by atoms with Gasteiger partial charge in [-0.15, -0.1) is 0 Å². The highest BCUT2D eigenvalue weighted by atomic mass is 19.1. The monoisotopic (exact) mass is 273 g/mol. The number of anilines is 1. The van der Waals surface area contributed by atoms with E-state index in [2.05, 4.69) is 0 Å². The largest absolute Gasteiger partial charge is 0.457 e. The summed E-state index contributed by atoms with van der Waals surface area (Å²) < 4.78 is 18.2. The molecule has 0 heterocycles. The Balaban J connectivity index is 2.13. The molecule has 3 nitrogen and oxygen atoms in total. The minimum atomic E-state index is -0.551. The van der Waals surface area contributed by atoms with Gasteiger partial charge in [0.25, 0.3) is 0 Å². The molecule has 0 fully saturated rings. The van der Waals surface area contributed by atoms with Gasteiger partial charge in [0.15, 0.2) is 0 Å². The van der Waals surface area contributed by atoms with Crippen molar-refractivity contribution in [3.05, 3.63) is 64.5 Å². The van der Waals surface area contributed by atoms with E-state index in [1.165, 1.54) is 12.1 Å². The lowest BCUT2D eigenvalue weighted by Gasteiger charge is -2.11. The number of halogens is 1. The molecular formula is C16H16FNO2. The summed E-state index contributed by atoms with van der Waals surface area (Å²) in [5, 5.41) is 0. The molecule has 2 aromatic rings. The van der Waals surface area contributed by atoms with Crippen molar-refractivity contribution in [2.24, 2.45) is 0 Å². The van der Waals surface area contributed by atoms with Gasteiger partial charge < -0.3 is 10.5 Å². The van der Waals surface area contributed by atoms with Crippen LogP contribution in [0, 0.1) is 19.7 Å². The molecular weight excluding hydrogens is 257 g/mol. The molecule has 2 aromatic carbocycles. The van der Waals surface area contributed by atoms with Crippen molar-refractivity contribution >= 4 is 11.7 Å². The summed E-state index contributed by atoms with van der Waals surface area (Å²) in [6.07, 6.45) is 0. The van der Waals surface area contributed by atoms with E-state index in [1.54, 1.807) is 0 Å². The molecule has 0 aromatic heterocycles. The maximum absolute atomic E-state index is 12.9. The highest BCUT2D eigenvalue weighted by Gasteiger charge is 2.13. The molecule has 2 rings (SSSR count). The van der Waals surface area contributed by atoms with E-state index in [0.717, 1.165) is 22.8 Å². The number of aryl methyl sites for hydroxylation is 2. The number of nitrogen functional groups attached to an aromatic ring is 1. The average molecular weight is 273 g/mol. The Morgan fingerprint density at radius 2 is 1.85 bits per heavy atom. The van der Waals surface area contributed by atoms with Crippen LogP contribution in [-0.4, -0.2) is 5.97 Å². The normalized spacial score (nSPS) is 10.3. The fraction of sp³-hybridized carbons (Fsp3) is 0.188. The first-order chi connectivity index (χ1) is 9.49. The highest BCUT2D eigenvalue weighted by molar-refractivity contribution is 5.95. The van der Waals surface area contributed by atoms with Gasteiger partial charge in [0.05, 0.1) is 5.56 Å². The van der Waals surface area contributed by atoms with Gasteiger partial charge in [0, 0.05) is 5.69 Å². The van der Waals surface area contributed by atoms with Crippen molar-refractivity contribution in [1.82, 2.24) is 0 Å². The Kier molecular flexibility index (Phi) is 4.03. The molecule has 0 atom stereocenters.